The molecule has 2 heterocycles. The molecule has 0 spiro atoms. The number of hydrogen-bond donors (Lipinski definition) is 1. The highest BCUT2D eigenvalue weighted by atomic mass is 16.5. The zero-order valence-corrected chi connectivity index (χ0v) is 9.97. The summed E-state index contributed by atoms with van der Waals surface area (Å²) in [6.07, 6.45) is 2.27. The van der Waals surface area contributed by atoms with Crippen LogP contribution in [0, 0.1) is 0 Å². The highest BCUT2D eigenvalue weighted by Crippen LogP contribution is 2.18. The van der Waals surface area contributed by atoms with Crippen LogP contribution in [-0.2, 0) is 4.74 Å². The van der Waals surface area contributed by atoms with Crippen molar-refractivity contribution in [3.8, 4) is 0 Å². The maximum Gasteiger partial charge on any atom is 0.224 e. The maximum atomic E-state index is 5.69. The summed E-state index contributed by atoms with van der Waals surface area (Å²) in [6, 6.07) is 1.94. The minimum absolute atomic E-state index is 0.247. The number of hydrogen-bond acceptors (Lipinski definition) is 5. The smallest absolute Gasteiger partial charge is 0.224 e. The molecule has 1 saturated heterocycles. The van der Waals surface area contributed by atoms with Gasteiger partial charge in [-0.05, 0) is 19.9 Å². The second kappa shape index (κ2) is 4.65. The average molecular weight is 222 g/mol. The van der Waals surface area contributed by atoms with E-state index in [-0.39, 0.29) is 12.2 Å². The van der Waals surface area contributed by atoms with Crippen LogP contribution in [0.3, 0.4) is 0 Å². The van der Waals surface area contributed by atoms with Crippen molar-refractivity contribution in [1.82, 2.24) is 9.97 Å². The number of morpholine rings is 1. The van der Waals surface area contributed by atoms with Crippen LogP contribution in [0.5, 0.6) is 0 Å². The topological polar surface area (TPSA) is 50.3 Å². The van der Waals surface area contributed by atoms with Crippen LogP contribution in [0.1, 0.15) is 13.8 Å². The van der Waals surface area contributed by atoms with Crippen molar-refractivity contribution in [3.63, 3.8) is 0 Å². The Bertz CT molecular complexity index is 348. The van der Waals surface area contributed by atoms with Crippen LogP contribution in [0.4, 0.5) is 11.8 Å². The lowest BCUT2D eigenvalue weighted by Crippen LogP contribution is -2.45. The summed E-state index contributed by atoms with van der Waals surface area (Å²) in [5.41, 5.74) is 0. The van der Waals surface area contributed by atoms with Crippen molar-refractivity contribution in [2.45, 2.75) is 26.1 Å². The zero-order valence-electron chi connectivity index (χ0n) is 9.97. The molecule has 0 saturated carbocycles. The maximum absolute atomic E-state index is 5.69. The van der Waals surface area contributed by atoms with Gasteiger partial charge in [-0.2, -0.15) is 4.98 Å². The van der Waals surface area contributed by atoms with Crippen LogP contribution in [-0.4, -0.2) is 42.3 Å². The molecule has 1 aromatic heterocycles. The first-order chi connectivity index (χ1) is 7.69. The predicted octanol–water partition coefficient (Wildman–Crippen LogP) is 1.13. The molecule has 88 valence electrons. The lowest BCUT2D eigenvalue weighted by Gasteiger charge is -2.36. The Morgan fingerprint density at radius 3 is 2.69 bits per heavy atom. The van der Waals surface area contributed by atoms with Crippen molar-refractivity contribution in [2.24, 2.45) is 0 Å². The van der Waals surface area contributed by atoms with Gasteiger partial charge in [0.25, 0.3) is 0 Å². The molecule has 0 bridgehead atoms. The largest absolute Gasteiger partial charge is 0.372 e. The molecule has 0 aliphatic carbocycles. The van der Waals surface area contributed by atoms with E-state index in [0.717, 1.165) is 18.9 Å². The fourth-order valence-corrected chi connectivity index (χ4v) is 2.01. The summed E-state index contributed by atoms with van der Waals surface area (Å²) in [6.45, 7) is 5.93. The number of nitrogens with zero attached hydrogens (tertiary/aromatic N) is 3. The number of ether oxygens (including phenoxy) is 1. The van der Waals surface area contributed by atoms with E-state index in [1.165, 1.54) is 0 Å². The molecule has 5 heteroatoms. The molecule has 1 aliphatic heterocycles. The van der Waals surface area contributed by atoms with Gasteiger partial charge in [0.1, 0.15) is 5.82 Å². The first-order valence-corrected chi connectivity index (χ1v) is 5.60. The zero-order chi connectivity index (χ0) is 11.5. The highest BCUT2D eigenvalue weighted by Gasteiger charge is 2.23. The minimum atomic E-state index is 0.247. The Morgan fingerprint density at radius 1 is 1.38 bits per heavy atom. The highest BCUT2D eigenvalue weighted by molar-refractivity contribution is 5.42. The molecule has 2 rings (SSSR count). The molecule has 0 amide bonds. The molecule has 1 fully saturated rings. The Balaban J connectivity index is 2.16. The second-order valence-electron chi connectivity index (χ2n) is 4.15. The van der Waals surface area contributed by atoms with Crippen molar-refractivity contribution >= 4 is 11.8 Å². The van der Waals surface area contributed by atoms with Gasteiger partial charge in [-0.3, -0.25) is 0 Å². The van der Waals surface area contributed by atoms with Crippen LogP contribution in [0.2, 0.25) is 0 Å². The molecule has 0 unspecified atom stereocenters. The number of anilines is 2. The Kier molecular flexibility index (Phi) is 3.24. The van der Waals surface area contributed by atoms with Crippen molar-refractivity contribution in [3.05, 3.63) is 12.3 Å². The number of nitrogens with one attached hydrogen (secondary N) is 1. The van der Waals surface area contributed by atoms with Gasteiger partial charge in [-0.1, -0.05) is 0 Å². The quantitative estimate of drug-likeness (QED) is 0.813. The molecule has 0 aromatic carbocycles. The SMILES string of the molecule is CNc1nccc(N2C[C@@H](C)O[C@@H](C)C2)n1. The van der Waals surface area contributed by atoms with Crippen LogP contribution < -0.4 is 10.2 Å². The third-order valence-electron chi connectivity index (χ3n) is 2.61. The molecule has 2 atom stereocenters. The predicted molar refractivity (Wildman–Crippen MR) is 63.8 cm³/mol. The van der Waals surface area contributed by atoms with Gasteiger partial charge < -0.3 is 15.0 Å². The minimum Gasteiger partial charge on any atom is -0.372 e. The van der Waals surface area contributed by atoms with Gasteiger partial charge in [0.2, 0.25) is 5.95 Å². The monoisotopic (exact) mass is 222 g/mol. The van der Waals surface area contributed by atoms with E-state index in [1.54, 1.807) is 6.20 Å². The van der Waals surface area contributed by atoms with Crippen molar-refractivity contribution in [1.29, 1.82) is 0 Å². The summed E-state index contributed by atoms with van der Waals surface area (Å²) in [5, 5.41) is 2.95. The third-order valence-corrected chi connectivity index (χ3v) is 2.61. The van der Waals surface area contributed by atoms with E-state index in [1.807, 2.05) is 13.1 Å². The van der Waals surface area contributed by atoms with E-state index >= 15 is 0 Å². The lowest BCUT2D eigenvalue weighted by molar-refractivity contribution is -0.00545. The van der Waals surface area contributed by atoms with E-state index < -0.39 is 0 Å². The third kappa shape index (κ3) is 2.41. The molecule has 1 N–H and O–H groups in total. The first kappa shape index (κ1) is 11.1. The van der Waals surface area contributed by atoms with Gasteiger partial charge in [0.15, 0.2) is 0 Å². The van der Waals surface area contributed by atoms with Gasteiger partial charge in [0, 0.05) is 26.3 Å². The Hall–Kier alpha value is -1.36. The summed E-state index contributed by atoms with van der Waals surface area (Å²) < 4.78 is 5.69. The lowest BCUT2D eigenvalue weighted by atomic mass is 10.2. The molecule has 1 aromatic rings. The van der Waals surface area contributed by atoms with Gasteiger partial charge >= 0.3 is 0 Å². The average Bonchev–Trinajstić information content (AvgIpc) is 2.28. The fourth-order valence-electron chi connectivity index (χ4n) is 2.01. The summed E-state index contributed by atoms with van der Waals surface area (Å²) in [7, 11) is 1.82. The van der Waals surface area contributed by atoms with Gasteiger partial charge in [-0.25, -0.2) is 4.98 Å². The molecule has 5 nitrogen and oxygen atoms in total. The van der Waals surface area contributed by atoms with Gasteiger partial charge in [0.05, 0.1) is 12.2 Å². The Morgan fingerprint density at radius 2 is 2.06 bits per heavy atom. The van der Waals surface area contributed by atoms with E-state index in [9.17, 15) is 0 Å². The standard InChI is InChI=1S/C11H18N4O/c1-8-6-15(7-9(2)16-8)10-4-5-13-11(12-3)14-10/h4-5,8-9H,6-7H2,1-3H3,(H,12,13,14)/t8-,9+. The summed E-state index contributed by atoms with van der Waals surface area (Å²) in [4.78, 5) is 10.8. The molecule has 1 aliphatic rings. The first-order valence-electron chi connectivity index (χ1n) is 5.60. The summed E-state index contributed by atoms with van der Waals surface area (Å²) >= 11 is 0. The van der Waals surface area contributed by atoms with Crippen LogP contribution in [0.25, 0.3) is 0 Å². The fraction of sp³-hybridized carbons (Fsp3) is 0.636. The van der Waals surface area contributed by atoms with Gasteiger partial charge in [-0.15, -0.1) is 0 Å². The van der Waals surface area contributed by atoms with E-state index in [2.05, 4.69) is 34.0 Å². The number of rotatable bonds is 2. The summed E-state index contributed by atoms with van der Waals surface area (Å²) in [5.74, 6) is 1.62. The van der Waals surface area contributed by atoms with Crippen molar-refractivity contribution < 1.29 is 4.74 Å². The second-order valence-corrected chi connectivity index (χ2v) is 4.15. The molecular weight excluding hydrogens is 204 g/mol. The molecule has 0 radical (unpaired) electrons. The number of aromatic nitrogens is 2. The van der Waals surface area contributed by atoms with E-state index in [4.69, 9.17) is 4.74 Å². The molecular formula is C11H18N4O. The molecule has 16 heavy (non-hydrogen) atoms. The normalized spacial score (nSPS) is 25.6. The van der Waals surface area contributed by atoms with E-state index in [0.29, 0.717) is 5.95 Å². The van der Waals surface area contributed by atoms with Crippen LogP contribution in [0.15, 0.2) is 12.3 Å². The Labute approximate surface area is 95.8 Å². The van der Waals surface area contributed by atoms with Crippen molar-refractivity contribution in [2.75, 3.05) is 30.4 Å². The van der Waals surface area contributed by atoms with Crippen LogP contribution >= 0.6 is 0 Å².